The lowest BCUT2D eigenvalue weighted by atomic mass is 9.42. The van der Waals surface area contributed by atoms with Crippen LogP contribution in [0.4, 0.5) is 0 Å². The first-order valence-corrected chi connectivity index (χ1v) is 14.2. The van der Waals surface area contributed by atoms with Gasteiger partial charge in [-0.2, -0.15) is 0 Å². The van der Waals surface area contributed by atoms with Crippen LogP contribution in [0.1, 0.15) is 105 Å². The van der Waals surface area contributed by atoms with Crippen molar-refractivity contribution in [2.24, 2.45) is 46.3 Å². The summed E-state index contributed by atoms with van der Waals surface area (Å²) in [4.78, 5) is 11.6. The molecule has 0 saturated heterocycles. The van der Waals surface area contributed by atoms with Crippen molar-refractivity contribution in [3.8, 4) is 0 Å². The minimum Gasteiger partial charge on any atom is -0.462 e. The number of fused-ring (bicyclic) bond motifs is 5. The van der Waals surface area contributed by atoms with Crippen LogP contribution < -0.4 is 0 Å². The van der Waals surface area contributed by atoms with Crippen molar-refractivity contribution in [1.82, 2.24) is 0 Å². The molecule has 5 nitrogen and oxygen atoms in total. The molecule has 4 aliphatic carbocycles. The van der Waals surface area contributed by atoms with Crippen LogP contribution in [0.5, 0.6) is 0 Å². The van der Waals surface area contributed by atoms with Gasteiger partial charge in [-0.15, -0.1) is 0 Å². The van der Waals surface area contributed by atoms with E-state index >= 15 is 0 Å². The van der Waals surface area contributed by atoms with E-state index in [2.05, 4.69) is 27.7 Å². The standard InChI is InChI=1S/C29H50O5/c1-18(2)7-6-8-19(3)23-9-10-24-22-15-26(32)29(33)16-21(34-20(4)31)11-14-28(29,17-30)25(22)12-13-27(23,24)5/h18-19,21-26,30,32-33H,6-17H2,1-5H3/t19-,21+,22+,23-,24+,25+,26-,27-,28+,29+/m1/s1. The van der Waals surface area contributed by atoms with E-state index in [0.29, 0.717) is 36.5 Å². The molecule has 0 aromatic carbocycles. The molecule has 0 aromatic heterocycles. The Bertz CT molecular complexity index is 738. The molecule has 4 saturated carbocycles. The minimum atomic E-state index is -1.39. The zero-order chi connectivity index (χ0) is 24.9. The Kier molecular flexibility index (Phi) is 7.51. The van der Waals surface area contributed by atoms with E-state index in [0.717, 1.165) is 30.6 Å². The first kappa shape index (κ1) is 26.4. The van der Waals surface area contributed by atoms with E-state index in [1.807, 2.05) is 0 Å². The van der Waals surface area contributed by atoms with Crippen molar-refractivity contribution in [3.05, 3.63) is 0 Å². The van der Waals surface area contributed by atoms with E-state index in [4.69, 9.17) is 4.74 Å². The molecule has 3 N–H and O–H groups in total. The van der Waals surface area contributed by atoms with E-state index in [1.165, 1.54) is 39.0 Å². The van der Waals surface area contributed by atoms with Crippen LogP contribution in [0.2, 0.25) is 0 Å². The average molecular weight is 479 g/mol. The highest BCUT2D eigenvalue weighted by molar-refractivity contribution is 5.66. The van der Waals surface area contributed by atoms with Crippen LogP contribution in [0.3, 0.4) is 0 Å². The Morgan fingerprint density at radius 1 is 1.06 bits per heavy atom. The number of rotatable bonds is 7. The number of aliphatic hydroxyl groups excluding tert-OH is 2. The van der Waals surface area contributed by atoms with E-state index in [1.54, 1.807) is 0 Å². The van der Waals surface area contributed by atoms with Gasteiger partial charge in [-0.25, -0.2) is 0 Å². The molecular formula is C29H50O5. The van der Waals surface area contributed by atoms with Crippen LogP contribution in [0.15, 0.2) is 0 Å². The summed E-state index contributed by atoms with van der Waals surface area (Å²) in [7, 11) is 0. The van der Waals surface area contributed by atoms with Gasteiger partial charge in [0, 0.05) is 18.8 Å². The highest BCUT2D eigenvalue weighted by Gasteiger charge is 2.69. The van der Waals surface area contributed by atoms with Crippen LogP contribution in [0, 0.1) is 46.3 Å². The maximum absolute atomic E-state index is 11.9. The molecule has 4 rings (SSSR count). The molecule has 34 heavy (non-hydrogen) atoms. The molecular weight excluding hydrogens is 428 g/mol. The van der Waals surface area contributed by atoms with Gasteiger partial charge in [0.15, 0.2) is 0 Å². The second-order valence-electron chi connectivity index (χ2n) is 13.4. The van der Waals surface area contributed by atoms with Gasteiger partial charge in [0.05, 0.1) is 12.7 Å². The maximum Gasteiger partial charge on any atom is 0.302 e. The lowest BCUT2D eigenvalue weighted by Gasteiger charge is -2.66. The molecule has 4 aliphatic rings. The molecule has 0 bridgehead atoms. The molecule has 10 atom stereocenters. The van der Waals surface area contributed by atoms with Gasteiger partial charge in [-0.3, -0.25) is 4.79 Å². The number of carbonyl (C=O) groups excluding carboxylic acids is 1. The monoisotopic (exact) mass is 478 g/mol. The summed E-state index contributed by atoms with van der Waals surface area (Å²) in [6.07, 6.45) is 9.39. The Morgan fingerprint density at radius 2 is 1.79 bits per heavy atom. The van der Waals surface area contributed by atoms with Crippen molar-refractivity contribution >= 4 is 5.97 Å². The number of esters is 1. The maximum atomic E-state index is 11.9. The van der Waals surface area contributed by atoms with Crippen molar-refractivity contribution < 1.29 is 24.9 Å². The SMILES string of the molecule is CC(=O)O[C@H]1CC[C@]2(CO)[C@H]3CC[C@]4(C)[C@@H]([C@H](C)CCCC(C)C)CC[C@H]4[C@@H]3C[C@@H](O)[C@@]2(O)C1. The van der Waals surface area contributed by atoms with Gasteiger partial charge in [-0.05, 0) is 85.9 Å². The predicted molar refractivity (Wildman–Crippen MR) is 133 cm³/mol. The largest absolute Gasteiger partial charge is 0.462 e. The quantitative estimate of drug-likeness (QED) is 0.443. The van der Waals surface area contributed by atoms with Crippen LogP contribution >= 0.6 is 0 Å². The summed E-state index contributed by atoms with van der Waals surface area (Å²) in [5.74, 6) is 2.99. The van der Waals surface area contributed by atoms with Crippen molar-refractivity contribution in [3.63, 3.8) is 0 Å². The predicted octanol–water partition coefficient (Wildman–Crippen LogP) is 5.10. The van der Waals surface area contributed by atoms with Gasteiger partial charge < -0.3 is 20.1 Å². The summed E-state index contributed by atoms with van der Waals surface area (Å²) < 4.78 is 5.46. The molecule has 0 unspecified atom stereocenters. The summed E-state index contributed by atoms with van der Waals surface area (Å²) in [5.41, 5.74) is -1.80. The van der Waals surface area contributed by atoms with Crippen molar-refractivity contribution in [2.75, 3.05) is 6.61 Å². The van der Waals surface area contributed by atoms with Crippen molar-refractivity contribution in [1.29, 1.82) is 0 Å². The number of hydrogen-bond donors (Lipinski definition) is 3. The van der Waals surface area contributed by atoms with Crippen LogP contribution in [-0.4, -0.2) is 45.7 Å². The van der Waals surface area contributed by atoms with Gasteiger partial charge >= 0.3 is 5.97 Å². The summed E-state index contributed by atoms with van der Waals surface area (Å²) >= 11 is 0. The fourth-order valence-corrected chi connectivity index (χ4v) is 9.71. The number of hydrogen-bond acceptors (Lipinski definition) is 5. The summed E-state index contributed by atoms with van der Waals surface area (Å²) in [6, 6.07) is 0. The molecule has 0 amide bonds. The third-order valence-corrected chi connectivity index (χ3v) is 11.3. The Hall–Kier alpha value is -0.650. The van der Waals surface area contributed by atoms with E-state index in [9.17, 15) is 20.1 Å². The summed E-state index contributed by atoms with van der Waals surface area (Å²) in [6.45, 7) is 10.9. The number of carbonyl (C=O) groups is 1. The topological polar surface area (TPSA) is 87.0 Å². The normalized spacial score (nSPS) is 47.0. The Morgan fingerprint density at radius 3 is 2.44 bits per heavy atom. The molecule has 0 radical (unpaired) electrons. The van der Waals surface area contributed by atoms with Gasteiger partial charge in [0.1, 0.15) is 11.7 Å². The smallest absolute Gasteiger partial charge is 0.302 e. The highest BCUT2D eigenvalue weighted by atomic mass is 16.5. The summed E-state index contributed by atoms with van der Waals surface area (Å²) in [5, 5.41) is 34.1. The van der Waals surface area contributed by atoms with Crippen LogP contribution in [0.25, 0.3) is 0 Å². The lowest BCUT2D eigenvalue weighted by molar-refractivity contribution is -0.281. The second kappa shape index (κ2) is 9.67. The van der Waals surface area contributed by atoms with Gasteiger partial charge in [-0.1, -0.05) is 47.0 Å². The van der Waals surface area contributed by atoms with Crippen LogP contribution in [-0.2, 0) is 9.53 Å². The second-order valence-corrected chi connectivity index (χ2v) is 13.4. The lowest BCUT2D eigenvalue weighted by Crippen LogP contribution is -2.71. The molecule has 5 heteroatoms. The molecule has 4 fully saturated rings. The fourth-order valence-electron chi connectivity index (χ4n) is 9.71. The molecule has 196 valence electrons. The third kappa shape index (κ3) is 4.16. The number of ether oxygens (including phenoxy) is 1. The fraction of sp³-hybridized carbons (Fsp3) is 0.966. The van der Waals surface area contributed by atoms with Gasteiger partial charge in [0.2, 0.25) is 0 Å². The Labute approximate surface area is 207 Å². The first-order valence-electron chi connectivity index (χ1n) is 14.2. The van der Waals surface area contributed by atoms with E-state index < -0.39 is 17.1 Å². The number of aliphatic hydroxyl groups is 3. The third-order valence-electron chi connectivity index (χ3n) is 11.3. The molecule has 0 aliphatic heterocycles. The Balaban J connectivity index is 1.55. The first-order chi connectivity index (χ1) is 16.0. The molecule has 0 aromatic rings. The minimum absolute atomic E-state index is 0.104. The average Bonchev–Trinajstić information content (AvgIpc) is 3.11. The van der Waals surface area contributed by atoms with Gasteiger partial charge in [0.25, 0.3) is 0 Å². The zero-order valence-corrected chi connectivity index (χ0v) is 22.3. The van der Waals surface area contributed by atoms with Crippen molar-refractivity contribution in [2.45, 2.75) is 123 Å². The highest BCUT2D eigenvalue weighted by Crippen LogP contribution is 2.69. The molecule has 0 spiro atoms. The molecule has 0 heterocycles. The van der Waals surface area contributed by atoms with E-state index in [-0.39, 0.29) is 31.0 Å². The zero-order valence-electron chi connectivity index (χ0n) is 22.3.